The Morgan fingerprint density at radius 3 is 0.792 bits per heavy atom. The standard InChI is InChI=1S/C44H38O4/c1-7-19-33(20-8-1)43(34-21-9-2-10-22-34,35-23-11-3-12-24-35)45-31-39-41-42(48-41)40(47-39)32-46-44(36-25-13-4-14-26-36,37-27-15-5-16-28-37)38-29-17-6-18-30-38/h1-30,39-42H,31-32H2/t39-,40-,41-,42+/m1/s1. The van der Waals surface area contributed by atoms with Gasteiger partial charge in [0.05, 0.1) is 13.2 Å². The Hall–Kier alpha value is -4.84. The molecule has 8 rings (SSSR count). The number of hydrogen-bond acceptors (Lipinski definition) is 4. The van der Waals surface area contributed by atoms with Gasteiger partial charge in [-0.05, 0) is 33.4 Å². The fourth-order valence-corrected chi connectivity index (χ4v) is 7.33. The minimum atomic E-state index is -0.824. The van der Waals surface area contributed by atoms with Gasteiger partial charge in [-0.2, -0.15) is 0 Å². The number of ether oxygens (including phenoxy) is 4. The Labute approximate surface area is 282 Å². The predicted molar refractivity (Wildman–Crippen MR) is 188 cm³/mol. The lowest BCUT2D eigenvalue weighted by molar-refractivity contribution is -0.125. The van der Waals surface area contributed by atoms with Crippen LogP contribution >= 0.6 is 0 Å². The normalized spacial score (nSPS) is 20.2. The minimum Gasteiger partial charge on any atom is -0.365 e. The van der Waals surface area contributed by atoms with E-state index in [1.807, 2.05) is 36.4 Å². The molecular weight excluding hydrogens is 592 g/mol. The lowest BCUT2D eigenvalue weighted by atomic mass is 9.80. The van der Waals surface area contributed by atoms with Crippen LogP contribution in [0.25, 0.3) is 0 Å². The molecule has 6 aromatic rings. The van der Waals surface area contributed by atoms with Crippen LogP contribution in [0.2, 0.25) is 0 Å². The molecule has 2 heterocycles. The second kappa shape index (κ2) is 13.3. The fourth-order valence-electron chi connectivity index (χ4n) is 7.33. The van der Waals surface area contributed by atoms with Gasteiger partial charge in [-0.15, -0.1) is 0 Å². The van der Waals surface area contributed by atoms with Gasteiger partial charge in [0.25, 0.3) is 0 Å². The molecule has 2 aliphatic rings. The van der Waals surface area contributed by atoms with Crippen molar-refractivity contribution in [3.63, 3.8) is 0 Å². The van der Waals surface area contributed by atoms with Gasteiger partial charge in [0, 0.05) is 0 Å². The fraction of sp³-hybridized carbons (Fsp3) is 0.182. The van der Waals surface area contributed by atoms with E-state index >= 15 is 0 Å². The molecule has 0 aliphatic carbocycles. The molecule has 2 saturated heterocycles. The molecule has 0 unspecified atom stereocenters. The Morgan fingerprint density at radius 1 is 0.333 bits per heavy atom. The van der Waals surface area contributed by atoms with Gasteiger partial charge < -0.3 is 18.9 Å². The molecule has 4 heteroatoms. The van der Waals surface area contributed by atoms with Gasteiger partial charge >= 0.3 is 0 Å². The highest BCUT2D eigenvalue weighted by atomic mass is 16.7. The molecule has 6 aromatic carbocycles. The highest BCUT2D eigenvalue weighted by molar-refractivity contribution is 5.49. The van der Waals surface area contributed by atoms with Crippen molar-refractivity contribution in [1.29, 1.82) is 0 Å². The molecule has 0 aromatic heterocycles. The zero-order valence-corrected chi connectivity index (χ0v) is 26.7. The SMILES string of the molecule is c1ccc(C(OC[C@H]2O[C@H](COC(c3ccccc3)(c3ccccc3)c3ccccc3)[C@H]3O[C@H]32)(c2ccccc2)c2ccccc2)cc1. The summed E-state index contributed by atoms with van der Waals surface area (Å²) in [6, 6.07) is 62.7. The van der Waals surface area contributed by atoms with Crippen molar-refractivity contribution >= 4 is 0 Å². The summed E-state index contributed by atoms with van der Waals surface area (Å²) in [6.07, 6.45) is -0.561. The first-order valence-electron chi connectivity index (χ1n) is 16.7. The lowest BCUT2D eigenvalue weighted by Gasteiger charge is -2.37. The van der Waals surface area contributed by atoms with E-state index in [9.17, 15) is 0 Å². The van der Waals surface area contributed by atoms with E-state index in [1.165, 1.54) is 0 Å². The van der Waals surface area contributed by atoms with E-state index in [-0.39, 0.29) is 24.4 Å². The summed E-state index contributed by atoms with van der Waals surface area (Å²) in [5, 5.41) is 0. The van der Waals surface area contributed by atoms with Crippen LogP contribution in [-0.4, -0.2) is 37.6 Å². The van der Waals surface area contributed by atoms with Crippen LogP contribution in [0.4, 0.5) is 0 Å². The van der Waals surface area contributed by atoms with Crippen molar-refractivity contribution in [2.45, 2.75) is 35.6 Å². The molecule has 2 fully saturated rings. The largest absolute Gasteiger partial charge is 0.365 e. The molecule has 0 radical (unpaired) electrons. The van der Waals surface area contributed by atoms with E-state index in [4.69, 9.17) is 18.9 Å². The summed E-state index contributed by atoms with van der Waals surface area (Å²) in [5.74, 6) is 0. The summed E-state index contributed by atoms with van der Waals surface area (Å²) >= 11 is 0. The van der Waals surface area contributed by atoms with Crippen LogP contribution in [0, 0.1) is 0 Å². The Kier molecular flexibility index (Phi) is 8.48. The summed E-state index contributed by atoms with van der Waals surface area (Å²) in [7, 11) is 0. The maximum atomic E-state index is 7.12. The van der Waals surface area contributed by atoms with Gasteiger partial charge in [0.15, 0.2) is 0 Å². The van der Waals surface area contributed by atoms with Gasteiger partial charge in [-0.1, -0.05) is 182 Å². The molecule has 4 nitrogen and oxygen atoms in total. The van der Waals surface area contributed by atoms with Gasteiger partial charge in [-0.3, -0.25) is 0 Å². The third-order valence-electron chi connectivity index (χ3n) is 9.65. The van der Waals surface area contributed by atoms with E-state index in [0.29, 0.717) is 13.2 Å². The van der Waals surface area contributed by atoms with Crippen LogP contribution < -0.4 is 0 Å². The third-order valence-corrected chi connectivity index (χ3v) is 9.65. The van der Waals surface area contributed by atoms with Crippen molar-refractivity contribution in [2.75, 3.05) is 13.2 Å². The molecule has 238 valence electrons. The molecule has 48 heavy (non-hydrogen) atoms. The second-order valence-electron chi connectivity index (χ2n) is 12.5. The average molecular weight is 631 g/mol. The first-order valence-corrected chi connectivity index (χ1v) is 16.7. The molecule has 0 spiro atoms. The number of hydrogen-bond donors (Lipinski definition) is 0. The monoisotopic (exact) mass is 630 g/mol. The molecule has 0 amide bonds. The van der Waals surface area contributed by atoms with Crippen LogP contribution in [0.3, 0.4) is 0 Å². The number of epoxide rings is 1. The predicted octanol–water partition coefficient (Wildman–Crippen LogP) is 8.54. The summed E-state index contributed by atoms with van der Waals surface area (Å²) in [5.41, 5.74) is 4.72. The maximum Gasteiger partial charge on any atom is 0.143 e. The quantitative estimate of drug-likeness (QED) is 0.100. The van der Waals surface area contributed by atoms with Crippen LogP contribution in [-0.2, 0) is 30.1 Å². The van der Waals surface area contributed by atoms with E-state index in [0.717, 1.165) is 33.4 Å². The number of benzene rings is 6. The smallest absolute Gasteiger partial charge is 0.143 e. The third kappa shape index (κ3) is 5.57. The number of fused-ring (bicyclic) bond motifs is 1. The van der Waals surface area contributed by atoms with Crippen LogP contribution in [0.15, 0.2) is 182 Å². The molecular formula is C44H38O4. The maximum absolute atomic E-state index is 7.12. The van der Waals surface area contributed by atoms with Crippen molar-refractivity contribution in [1.82, 2.24) is 0 Å². The van der Waals surface area contributed by atoms with Gasteiger partial charge in [0.1, 0.15) is 35.6 Å². The van der Waals surface area contributed by atoms with Gasteiger partial charge in [-0.25, -0.2) is 0 Å². The highest BCUT2D eigenvalue weighted by Crippen LogP contribution is 2.46. The van der Waals surface area contributed by atoms with Crippen LogP contribution in [0.5, 0.6) is 0 Å². The summed E-state index contributed by atoms with van der Waals surface area (Å²) in [4.78, 5) is 0. The first-order chi connectivity index (χ1) is 23.8. The molecule has 0 N–H and O–H groups in total. The first kappa shape index (κ1) is 30.5. The topological polar surface area (TPSA) is 40.2 Å². The molecule has 0 saturated carbocycles. The van der Waals surface area contributed by atoms with Crippen LogP contribution in [0.1, 0.15) is 33.4 Å². The summed E-state index contributed by atoms with van der Waals surface area (Å²) < 4.78 is 27.3. The highest BCUT2D eigenvalue weighted by Gasteiger charge is 2.59. The van der Waals surface area contributed by atoms with E-state index in [1.54, 1.807) is 0 Å². The zero-order chi connectivity index (χ0) is 32.2. The molecule has 0 bridgehead atoms. The lowest BCUT2D eigenvalue weighted by Crippen LogP contribution is -2.39. The van der Waals surface area contributed by atoms with Crippen molar-refractivity contribution < 1.29 is 18.9 Å². The van der Waals surface area contributed by atoms with Crippen molar-refractivity contribution in [3.8, 4) is 0 Å². The Balaban J connectivity index is 1.08. The van der Waals surface area contributed by atoms with E-state index < -0.39 is 11.2 Å². The second-order valence-corrected chi connectivity index (χ2v) is 12.5. The van der Waals surface area contributed by atoms with Crippen molar-refractivity contribution in [3.05, 3.63) is 215 Å². The van der Waals surface area contributed by atoms with Crippen molar-refractivity contribution in [2.24, 2.45) is 0 Å². The molecule has 2 aliphatic heterocycles. The zero-order valence-electron chi connectivity index (χ0n) is 26.7. The number of rotatable bonds is 12. The Morgan fingerprint density at radius 2 is 0.562 bits per heavy atom. The van der Waals surface area contributed by atoms with E-state index in [2.05, 4.69) is 146 Å². The summed E-state index contributed by atoms with van der Waals surface area (Å²) in [6.45, 7) is 0.717. The Bertz CT molecular complexity index is 1550. The molecule has 4 atom stereocenters. The van der Waals surface area contributed by atoms with Gasteiger partial charge in [0.2, 0.25) is 0 Å². The minimum absolute atomic E-state index is 0.0433. The average Bonchev–Trinajstić information content (AvgIpc) is 3.90.